The number of aliphatic hydroxyl groups is 2. The van der Waals surface area contributed by atoms with Gasteiger partial charge in [-0.1, -0.05) is 45.9 Å². The van der Waals surface area contributed by atoms with Crippen molar-refractivity contribution < 1.29 is 24.3 Å². The second-order valence-electron chi connectivity index (χ2n) is 7.84. The minimum absolute atomic E-state index is 0.0543. The molecule has 6 nitrogen and oxygen atoms in total. The second kappa shape index (κ2) is 14.3. The zero-order chi connectivity index (χ0) is 23.3. The summed E-state index contributed by atoms with van der Waals surface area (Å²) in [5.41, 5.74) is 3.16. The number of anilines is 1. The summed E-state index contributed by atoms with van der Waals surface area (Å²) in [6.45, 7) is 1.89. The Morgan fingerprint density at radius 1 is 1.03 bits per heavy atom. The van der Waals surface area contributed by atoms with Crippen molar-refractivity contribution in [3.05, 3.63) is 59.9 Å². The number of aromatic nitrogens is 1. The molecule has 0 saturated carbocycles. The standard InChI is InChI=1S/C25H33N2O4S2/c28-17-15-27(16-18-29)23-7-5-21(6-8-23)3-4-22-9-13-26(14-10-22)12-1-2-25(30)31-24-11-19-32-33-20-24/h3-10,13-14,24,28-29H,1-2,11-12,15-20H2/q+1. The number of hydrogen-bond acceptors (Lipinski definition) is 7. The highest BCUT2D eigenvalue weighted by Gasteiger charge is 2.18. The Morgan fingerprint density at radius 3 is 2.30 bits per heavy atom. The SMILES string of the molecule is O=C(CCC[n+]1ccc(/C=C/c2ccc(N(CCO)CCO)cc2)cc1)OC1CCSSC1. The van der Waals surface area contributed by atoms with E-state index in [1.807, 2.05) is 52.4 Å². The molecule has 0 bridgehead atoms. The van der Waals surface area contributed by atoms with Crippen molar-refractivity contribution in [1.29, 1.82) is 0 Å². The van der Waals surface area contributed by atoms with E-state index < -0.39 is 0 Å². The summed E-state index contributed by atoms with van der Waals surface area (Å²) in [5, 5.41) is 18.4. The molecule has 0 spiro atoms. The molecule has 2 heterocycles. The zero-order valence-electron chi connectivity index (χ0n) is 18.8. The number of aliphatic hydroxyl groups excluding tert-OH is 2. The van der Waals surface area contributed by atoms with Gasteiger partial charge in [0.25, 0.3) is 0 Å². The van der Waals surface area contributed by atoms with Crippen molar-refractivity contribution in [3.63, 3.8) is 0 Å². The van der Waals surface area contributed by atoms with Crippen LogP contribution in [-0.4, -0.2) is 60.1 Å². The van der Waals surface area contributed by atoms with E-state index in [0.29, 0.717) is 19.5 Å². The molecule has 1 unspecified atom stereocenters. The molecule has 1 atom stereocenters. The van der Waals surface area contributed by atoms with E-state index in [4.69, 9.17) is 4.74 Å². The molecule has 2 N–H and O–H groups in total. The highest BCUT2D eigenvalue weighted by Crippen LogP contribution is 2.30. The monoisotopic (exact) mass is 489 g/mol. The number of carbonyl (C=O) groups is 1. The minimum Gasteiger partial charge on any atom is -0.461 e. The largest absolute Gasteiger partial charge is 0.461 e. The molecule has 0 amide bonds. The highest BCUT2D eigenvalue weighted by molar-refractivity contribution is 8.76. The Labute approximate surface area is 204 Å². The van der Waals surface area contributed by atoms with Crippen LogP contribution < -0.4 is 9.47 Å². The van der Waals surface area contributed by atoms with Crippen LogP contribution in [0.5, 0.6) is 0 Å². The molecule has 0 aliphatic carbocycles. The van der Waals surface area contributed by atoms with Crippen molar-refractivity contribution >= 4 is 45.4 Å². The number of ether oxygens (including phenoxy) is 1. The van der Waals surface area contributed by atoms with E-state index in [1.165, 1.54) is 0 Å². The lowest BCUT2D eigenvalue weighted by Gasteiger charge is -2.22. The normalized spacial score (nSPS) is 16.1. The Morgan fingerprint density at radius 2 is 1.70 bits per heavy atom. The van der Waals surface area contributed by atoms with Gasteiger partial charge in [0.2, 0.25) is 0 Å². The maximum absolute atomic E-state index is 12.0. The summed E-state index contributed by atoms with van der Waals surface area (Å²) in [7, 11) is 3.63. The first-order valence-corrected chi connectivity index (χ1v) is 13.8. The fraction of sp³-hybridized carbons (Fsp3) is 0.440. The van der Waals surface area contributed by atoms with Crippen LogP contribution >= 0.6 is 21.6 Å². The van der Waals surface area contributed by atoms with E-state index in [1.54, 1.807) is 10.8 Å². The van der Waals surface area contributed by atoms with E-state index in [2.05, 4.69) is 28.9 Å². The van der Waals surface area contributed by atoms with Crippen molar-refractivity contribution in [2.24, 2.45) is 0 Å². The van der Waals surface area contributed by atoms with Crippen molar-refractivity contribution in [2.45, 2.75) is 31.9 Å². The molecule has 1 saturated heterocycles. The van der Waals surface area contributed by atoms with Crippen LogP contribution in [0.3, 0.4) is 0 Å². The molecule has 1 fully saturated rings. The average molecular weight is 490 g/mol. The molecule has 1 aromatic heterocycles. The van der Waals surface area contributed by atoms with Crippen LogP contribution in [0.1, 0.15) is 30.4 Å². The van der Waals surface area contributed by atoms with Gasteiger partial charge >= 0.3 is 5.97 Å². The zero-order valence-corrected chi connectivity index (χ0v) is 20.5. The summed E-state index contributed by atoms with van der Waals surface area (Å²) in [6, 6.07) is 12.2. The number of benzene rings is 1. The quantitative estimate of drug-likeness (QED) is 0.269. The average Bonchev–Trinajstić information content (AvgIpc) is 2.84. The summed E-state index contributed by atoms with van der Waals surface area (Å²) in [6.07, 6.45) is 10.5. The van der Waals surface area contributed by atoms with Crippen LogP contribution in [0.15, 0.2) is 48.8 Å². The first-order chi connectivity index (χ1) is 16.2. The number of esters is 1. The van der Waals surface area contributed by atoms with Crippen LogP contribution in [0, 0.1) is 0 Å². The maximum Gasteiger partial charge on any atom is 0.306 e. The van der Waals surface area contributed by atoms with Gasteiger partial charge in [0.1, 0.15) is 12.6 Å². The number of nitrogens with zero attached hydrogens (tertiary/aromatic N) is 2. The molecular weight excluding hydrogens is 456 g/mol. The Hall–Kier alpha value is -2.00. The fourth-order valence-electron chi connectivity index (χ4n) is 3.52. The van der Waals surface area contributed by atoms with Gasteiger partial charge in [-0.05, 0) is 29.7 Å². The molecule has 2 aromatic rings. The Kier molecular flexibility index (Phi) is 11.1. The van der Waals surface area contributed by atoms with Crippen LogP contribution in [-0.2, 0) is 16.1 Å². The number of pyridine rings is 1. The lowest BCUT2D eigenvalue weighted by Crippen LogP contribution is -2.33. The summed E-state index contributed by atoms with van der Waals surface area (Å²) >= 11 is 0. The third-order valence-electron chi connectivity index (χ3n) is 5.34. The first-order valence-electron chi connectivity index (χ1n) is 11.4. The lowest BCUT2D eigenvalue weighted by atomic mass is 10.1. The van der Waals surface area contributed by atoms with Gasteiger partial charge in [-0.3, -0.25) is 4.79 Å². The smallest absolute Gasteiger partial charge is 0.306 e. The van der Waals surface area contributed by atoms with Gasteiger partial charge in [-0.15, -0.1) is 0 Å². The van der Waals surface area contributed by atoms with Gasteiger partial charge in [-0.25, -0.2) is 4.57 Å². The molecule has 1 aromatic carbocycles. The van der Waals surface area contributed by atoms with Crippen LogP contribution in [0.25, 0.3) is 12.2 Å². The summed E-state index contributed by atoms with van der Waals surface area (Å²) in [4.78, 5) is 14.0. The number of carbonyl (C=O) groups excluding carboxylic acids is 1. The van der Waals surface area contributed by atoms with E-state index >= 15 is 0 Å². The van der Waals surface area contributed by atoms with Crippen molar-refractivity contribution in [2.75, 3.05) is 42.7 Å². The number of rotatable bonds is 12. The third kappa shape index (κ3) is 9.04. The van der Waals surface area contributed by atoms with Gasteiger partial charge in [-0.2, -0.15) is 0 Å². The molecule has 8 heteroatoms. The maximum atomic E-state index is 12.0. The fourth-order valence-corrected chi connectivity index (χ4v) is 5.86. The minimum atomic E-state index is -0.0884. The van der Waals surface area contributed by atoms with Gasteiger partial charge in [0.15, 0.2) is 12.4 Å². The predicted octanol–water partition coefficient (Wildman–Crippen LogP) is 3.41. The van der Waals surface area contributed by atoms with Crippen LogP contribution in [0.2, 0.25) is 0 Å². The van der Waals surface area contributed by atoms with E-state index in [0.717, 1.165) is 47.7 Å². The lowest BCUT2D eigenvalue weighted by molar-refractivity contribution is -0.697. The summed E-state index contributed by atoms with van der Waals surface area (Å²) < 4.78 is 7.64. The van der Waals surface area contributed by atoms with Gasteiger partial charge in [0.05, 0.1) is 19.6 Å². The molecule has 1 aliphatic heterocycles. The second-order valence-corrected chi connectivity index (χ2v) is 10.5. The molecular formula is C25H33N2O4S2+. The molecule has 3 rings (SSSR count). The molecule has 178 valence electrons. The highest BCUT2D eigenvalue weighted by atomic mass is 33.1. The van der Waals surface area contributed by atoms with Crippen LogP contribution in [0.4, 0.5) is 5.69 Å². The van der Waals surface area contributed by atoms with Gasteiger partial charge in [0, 0.05) is 48.8 Å². The first kappa shape index (κ1) is 25.6. The Balaban J connectivity index is 1.43. The van der Waals surface area contributed by atoms with E-state index in [-0.39, 0.29) is 25.3 Å². The molecule has 0 radical (unpaired) electrons. The predicted molar refractivity (Wildman–Crippen MR) is 137 cm³/mol. The van der Waals surface area contributed by atoms with Gasteiger partial charge < -0.3 is 19.8 Å². The van der Waals surface area contributed by atoms with Crippen molar-refractivity contribution in [3.8, 4) is 0 Å². The number of aryl methyl sites for hydroxylation is 1. The van der Waals surface area contributed by atoms with E-state index in [9.17, 15) is 15.0 Å². The molecule has 1 aliphatic rings. The topological polar surface area (TPSA) is 73.9 Å². The van der Waals surface area contributed by atoms with Crippen molar-refractivity contribution in [1.82, 2.24) is 0 Å². The summed E-state index contributed by atoms with van der Waals surface area (Å²) in [5.74, 6) is 1.86. The Bertz CT molecular complexity index is 863. The third-order valence-corrected chi connectivity index (χ3v) is 7.82. The molecule has 33 heavy (non-hydrogen) atoms. The number of hydrogen-bond donors (Lipinski definition) is 2.